The van der Waals surface area contributed by atoms with Crippen molar-refractivity contribution in [2.75, 3.05) is 36.4 Å². The molecule has 172 valence electrons. The third kappa shape index (κ3) is 5.48. The first kappa shape index (κ1) is 22.3. The zero-order valence-electron chi connectivity index (χ0n) is 17.6. The molecule has 0 amide bonds. The maximum absolute atomic E-state index is 13.1. The van der Waals surface area contributed by atoms with Gasteiger partial charge in [0.1, 0.15) is 17.6 Å². The summed E-state index contributed by atoms with van der Waals surface area (Å²) in [5.41, 5.74) is -1.29. The fourth-order valence-corrected chi connectivity index (χ4v) is 4.20. The number of rotatable bonds is 6. The number of nitroso groups, excluding NO2 is 1. The number of hydrogen-bond donors (Lipinski definition) is 2. The van der Waals surface area contributed by atoms with Crippen LogP contribution >= 0.6 is 0 Å². The van der Waals surface area contributed by atoms with Gasteiger partial charge in [0.25, 0.3) is 0 Å². The molecule has 0 unspecified atom stereocenters. The molecule has 1 saturated carbocycles. The molecule has 1 aliphatic heterocycles. The van der Waals surface area contributed by atoms with Gasteiger partial charge in [-0.25, -0.2) is 0 Å². The van der Waals surface area contributed by atoms with Crippen LogP contribution in [0, 0.1) is 4.91 Å². The molecule has 0 atom stereocenters. The molecule has 1 saturated heterocycles. The van der Waals surface area contributed by atoms with E-state index in [1.54, 1.807) is 0 Å². The highest BCUT2D eigenvalue weighted by atomic mass is 19.4. The number of pyridine rings is 1. The molecule has 2 aromatic rings. The summed E-state index contributed by atoms with van der Waals surface area (Å²) in [5, 5.41) is 8.96. The van der Waals surface area contributed by atoms with E-state index in [1.807, 2.05) is 18.2 Å². The first-order valence-electron chi connectivity index (χ1n) is 10.8. The molecule has 2 heterocycles. The van der Waals surface area contributed by atoms with Crippen molar-refractivity contribution in [1.82, 2.24) is 10.3 Å². The molecule has 0 bridgehead atoms. The minimum Gasteiger partial charge on any atom is -0.474 e. The molecule has 0 radical (unpaired) electrons. The normalized spacial score (nSPS) is 21.8. The second-order valence-electron chi connectivity index (χ2n) is 8.13. The number of ether oxygens (including phenoxy) is 1. The van der Waals surface area contributed by atoms with Crippen LogP contribution in [0.1, 0.15) is 31.2 Å². The Bertz CT molecular complexity index is 926. The smallest absolute Gasteiger partial charge is 0.418 e. The van der Waals surface area contributed by atoms with E-state index in [9.17, 15) is 18.1 Å². The van der Waals surface area contributed by atoms with Crippen LogP contribution in [-0.2, 0) is 6.18 Å². The zero-order chi connectivity index (χ0) is 22.6. The Balaban J connectivity index is 1.32. The van der Waals surface area contributed by atoms with Crippen LogP contribution in [0.4, 0.5) is 30.4 Å². The van der Waals surface area contributed by atoms with Gasteiger partial charge in [-0.2, -0.15) is 18.2 Å². The van der Waals surface area contributed by atoms with Crippen molar-refractivity contribution in [2.24, 2.45) is 5.18 Å². The van der Waals surface area contributed by atoms with Crippen LogP contribution in [0.5, 0.6) is 5.88 Å². The lowest BCUT2D eigenvalue weighted by molar-refractivity contribution is -0.137. The van der Waals surface area contributed by atoms with Gasteiger partial charge in [0.05, 0.1) is 5.56 Å². The first-order valence-corrected chi connectivity index (χ1v) is 10.8. The summed E-state index contributed by atoms with van der Waals surface area (Å²) in [6, 6.07) is 9.33. The van der Waals surface area contributed by atoms with E-state index in [0.717, 1.165) is 69.8 Å². The maximum Gasteiger partial charge on any atom is 0.418 e. The standard InChI is InChI=1S/C22H26F3N5O2/c23-22(24,25)18-14-16(6-9-19(18)29-31)27-15-4-7-17(8-5-15)32-21-3-1-2-20(28-21)30-12-10-26-11-13-30/h1-3,6,9,14-15,17,26-27H,4-5,7-8,10-13H2. The van der Waals surface area contributed by atoms with E-state index in [0.29, 0.717) is 11.6 Å². The Morgan fingerprint density at radius 3 is 2.53 bits per heavy atom. The van der Waals surface area contributed by atoms with Crippen molar-refractivity contribution in [1.29, 1.82) is 0 Å². The summed E-state index contributed by atoms with van der Waals surface area (Å²) in [6.07, 6.45) is -1.53. The summed E-state index contributed by atoms with van der Waals surface area (Å²) in [7, 11) is 0. The lowest BCUT2D eigenvalue weighted by atomic mass is 9.92. The summed E-state index contributed by atoms with van der Waals surface area (Å²) in [5.74, 6) is 1.51. The third-order valence-electron chi connectivity index (χ3n) is 5.88. The second kappa shape index (κ2) is 9.72. The third-order valence-corrected chi connectivity index (χ3v) is 5.88. The largest absolute Gasteiger partial charge is 0.474 e. The van der Waals surface area contributed by atoms with E-state index in [2.05, 4.69) is 25.7 Å². The average molecular weight is 449 g/mol. The van der Waals surface area contributed by atoms with Crippen LogP contribution in [-0.4, -0.2) is 43.3 Å². The van der Waals surface area contributed by atoms with Gasteiger partial charge in [-0.15, -0.1) is 4.91 Å². The number of aromatic nitrogens is 1. The molecule has 1 aliphatic carbocycles. The number of hydrogen-bond acceptors (Lipinski definition) is 7. The lowest BCUT2D eigenvalue weighted by Crippen LogP contribution is -2.43. The fraction of sp³-hybridized carbons (Fsp3) is 0.500. The van der Waals surface area contributed by atoms with Crippen LogP contribution < -0.4 is 20.3 Å². The van der Waals surface area contributed by atoms with Crippen LogP contribution in [0.15, 0.2) is 41.6 Å². The summed E-state index contributed by atoms with van der Waals surface area (Å²) < 4.78 is 45.5. The van der Waals surface area contributed by atoms with E-state index in [4.69, 9.17) is 4.74 Å². The van der Waals surface area contributed by atoms with Gasteiger partial charge < -0.3 is 20.3 Å². The molecule has 0 spiro atoms. The van der Waals surface area contributed by atoms with E-state index < -0.39 is 17.4 Å². The number of nitrogens with one attached hydrogen (secondary N) is 2. The van der Waals surface area contributed by atoms with Crippen LogP contribution in [0.2, 0.25) is 0 Å². The number of nitrogens with zero attached hydrogens (tertiary/aromatic N) is 3. The van der Waals surface area contributed by atoms with Crippen molar-refractivity contribution in [3.8, 4) is 5.88 Å². The molecule has 4 rings (SSSR count). The predicted molar refractivity (Wildman–Crippen MR) is 117 cm³/mol. The maximum atomic E-state index is 13.1. The fourth-order valence-electron chi connectivity index (χ4n) is 4.20. The SMILES string of the molecule is O=Nc1ccc(NC2CCC(Oc3cccc(N4CCNCC4)n3)CC2)cc1C(F)(F)F. The first-order chi connectivity index (χ1) is 15.4. The number of alkyl halides is 3. The van der Waals surface area contributed by atoms with Gasteiger partial charge in [-0.1, -0.05) is 6.07 Å². The van der Waals surface area contributed by atoms with Gasteiger partial charge in [0.15, 0.2) is 0 Å². The van der Waals surface area contributed by atoms with Crippen molar-refractivity contribution in [3.05, 3.63) is 46.9 Å². The minimum atomic E-state index is -4.63. The topological polar surface area (TPSA) is 78.8 Å². The highest BCUT2D eigenvalue weighted by Crippen LogP contribution is 2.38. The highest BCUT2D eigenvalue weighted by molar-refractivity contribution is 5.58. The number of piperazine rings is 1. The van der Waals surface area contributed by atoms with Gasteiger partial charge >= 0.3 is 6.18 Å². The monoisotopic (exact) mass is 449 g/mol. The Morgan fingerprint density at radius 2 is 1.84 bits per heavy atom. The Labute approximate surface area is 184 Å². The number of halogens is 3. The van der Waals surface area contributed by atoms with Crippen molar-refractivity contribution < 1.29 is 17.9 Å². The van der Waals surface area contributed by atoms with E-state index in [1.165, 1.54) is 6.07 Å². The molecule has 10 heteroatoms. The molecule has 1 aromatic carbocycles. The Kier molecular flexibility index (Phi) is 6.78. The lowest BCUT2D eigenvalue weighted by Gasteiger charge is -2.31. The molecular weight excluding hydrogens is 423 g/mol. The quantitative estimate of drug-likeness (QED) is 0.622. The highest BCUT2D eigenvalue weighted by Gasteiger charge is 2.34. The molecule has 2 aliphatic rings. The minimum absolute atomic E-state index is 0.0196. The second-order valence-corrected chi connectivity index (χ2v) is 8.13. The van der Waals surface area contributed by atoms with Crippen molar-refractivity contribution in [2.45, 2.75) is 44.0 Å². The summed E-state index contributed by atoms with van der Waals surface area (Å²) in [6.45, 7) is 3.69. The summed E-state index contributed by atoms with van der Waals surface area (Å²) >= 11 is 0. The number of anilines is 2. The molecule has 7 nitrogen and oxygen atoms in total. The molecule has 2 N–H and O–H groups in total. The van der Waals surface area contributed by atoms with Gasteiger partial charge in [-0.05, 0) is 55.1 Å². The molecule has 1 aromatic heterocycles. The van der Waals surface area contributed by atoms with Crippen LogP contribution in [0.3, 0.4) is 0 Å². The molecular formula is C22H26F3N5O2. The zero-order valence-corrected chi connectivity index (χ0v) is 17.6. The molecule has 32 heavy (non-hydrogen) atoms. The Hall–Kier alpha value is -2.88. The van der Waals surface area contributed by atoms with Gasteiger partial charge in [-0.3, -0.25) is 0 Å². The van der Waals surface area contributed by atoms with Crippen molar-refractivity contribution in [3.63, 3.8) is 0 Å². The predicted octanol–water partition coefficient (Wildman–Crippen LogP) is 4.71. The Morgan fingerprint density at radius 1 is 1.09 bits per heavy atom. The molecule has 2 fully saturated rings. The average Bonchev–Trinajstić information content (AvgIpc) is 2.80. The number of benzene rings is 1. The van der Waals surface area contributed by atoms with E-state index in [-0.39, 0.29) is 12.1 Å². The summed E-state index contributed by atoms with van der Waals surface area (Å²) in [4.78, 5) is 17.6. The van der Waals surface area contributed by atoms with Crippen molar-refractivity contribution >= 4 is 17.2 Å². The van der Waals surface area contributed by atoms with Gasteiger partial charge in [0.2, 0.25) is 5.88 Å². The van der Waals surface area contributed by atoms with Crippen LogP contribution in [0.25, 0.3) is 0 Å². The van der Waals surface area contributed by atoms with Gasteiger partial charge in [0, 0.05) is 44.0 Å². The van der Waals surface area contributed by atoms with E-state index >= 15 is 0 Å².